The highest BCUT2D eigenvalue weighted by molar-refractivity contribution is 7.10. The molecule has 7 nitrogen and oxygen atoms in total. The third kappa shape index (κ3) is 5.68. The summed E-state index contributed by atoms with van der Waals surface area (Å²) in [6, 6.07) is 4.63. The normalized spacial score (nSPS) is 25.5. The maximum Gasteiger partial charge on any atom is 0.217 e. The third-order valence-corrected chi connectivity index (χ3v) is 6.53. The summed E-state index contributed by atoms with van der Waals surface area (Å²) in [6.07, 6.45) is 2.83. The number of aliphatic imine (C=N–C) groups is 1. The summed E-state index contributed by atoms with van der Waals surface area (Å²) < 4.78 is 5.73. The molecular weight excluding hydrogens is 374 g/mol. The van der Waals surface area contributed by atoms with E-state index in [4.69, 9.17) is 10.5 Å². The first kappa shape index (κ1) is 21.1. The van der Waals surface area contributed by atoms with Gasteiger partial charge in [-0.1, -0.05) is 6.07 Å². The molecule has 2 saturated heterocycles. The van der Waals surface area contributed by atoms with Crippen LogP contribution in [-0.2, 0) is 9.53 Å². The molecule has 2 fully saturated rings. The topological polar surface area (TPSA) is 83.2 Å². The number of piperidine rings is 1. The monoisotopic (exact) mass is 407 g/mol. The Morgan fingerprint density at radius 1 is 1.46 bits per heavy atom. The lowest BCUT2D eigenvalue weighted by molar-refractivity contribution is -0.119. The largest absolute Gasteiger partial charge is 0.376 e. The van der Waals surface area contributed by atoms with Crippen LogP contribution in [0.2, 0.25) is 0 Å². The van der Waals surface area contributed by atoms with E-state index >= 15 is 0 Å². The maximum atomic E-state index is 11.3. The summed E-state index contributed by atoms with van der Waals surface area (Å²) in [7, 11) is 1.83. The molecule has 1 aromatic heterocycles. The van der Waals surface area contributed by atoms with E-state index < -0.39 is 0 Å². The van der Waals surface area contributed by atoms with Crippen LogP contribution in [-0.4, -0.2) is 74.1 Å². The number of nitrogens with two attached hydrogens (primary N) is 1. The average molecular weight is 408 g/mol. The summed E-state index contributed by atoms with van der Waals surface area (Å²) in [6.45, 7) is 7.39. The van der Waals surface area contributed by atoms with Crippen LogP contribution in [0.5, 0.6) is 0 Å². The van der Waals surface area contributed by atoms with Crippen molar-refractivity contribution in [3.63, 3.8) is 0 Å². The minimum atomic E-state index is -0.214. The Morgan fingerprint density at radius 3 is 3.00 bits per heavy atom. The van der Waals surface area contributed by atoms with Crippen molar-refractivity contribution in [1.82, 2.24) is 15.1 Å². The fraction of sp³-hybridized carbons (Fsp3) is 0.700. The zero-order valence-electron chi connectivity index (χ0n) is 17.0. The fourth-order valence-corrected chi connectivity index (χ4v) is 5.11. The molecule has 2 aliphatic heterocycles. The highest BCUT2D eigenvalue weighted by Crippen LogP contribution is 2.27. The summed E-state index contributed by atoms with van der Waals surface area (Å²) in [4.78, 5) is 22.0. The van der Waals surface area contributed by atoms with Crippen molar-refractivity contribution in [2.75, 3.05) is 46.4 Å². The van der Waals surface area contributed by atoms with Gasteiger partial charge in [-0.15, -0.1) is 11.3 Å². The minimum Gasteiger partial charge on any atom is -0.376 e. The molecule has 28 heavy (non-hydrogen) atoms. The van der Waals surface area contributed by atoms with Crippen LogP contribution in [0.1, 0.15) is 37.1 Å². The van der Waals surface area contributed by atoms with Gasteiger partial charge in [-0.2, -0.15) is 0 Å². The lowest BCUT2D eigenvalue weighted by Crippen LogP contribution is -2.50. The van der Waals surface area contributed by atoms with Gasteiger partial charge in [-0.05, 0) is 37.1 Å². The number of thiophene rings is 1. The fourth-order valence-electron chi connectivity index (χ4n) is 4.25. The van der Waals surface area contributed by atoms with Crippen molar-refractivity contribution >= 4 is 23.2 Å². The number of rotatable bonds is 6. The standard InChI is InChI=1S/C20H33N5O2S/c1-15-13-24(8-9-27-15)17(18-6-4-10-28-18)12-23-20(22-2)25-7-3-5-16(14-25)11-19(21)26/h4,6,10,15-17H,3,5,7-9,11-14H2,1-2H3,(H2,21,26)(H,22,23). The first-order valence-corrected chi connectivity index (χ1v) is 11.1. The summed E-state index contributed by atoms with van der Waals surface area (Å²) in [5.41, 5.74) is 5.41. The van der Waals surface area contributed by atoms with Gasteiger partial charge in [0.15, 0.2) is 5.96 Å². The van der Waals surface area contributed by atoms with Gasteiger partial charge in [0.2, 0.25) is 5.91 Å². The number of carbonyl (C=O) groups is 1. The number of amides is 1. The molecule has 0 saturated carbocycles. The predicted molar refractivity (Wildman–Crippen MR) is 114 cm³/mol. The number of carbonyl (C=O) groups excluding carboxylic acids is 1. The average Bonchev–Trinajstić information content (AvgIpc) is 3.19. The van der Waals surface area contributed by atoms with E-state index in [-0.39, 0.29) is 12.0 Å². The maximum absolute atomic E-state index is 11.3. The Morgan fingerprint density at radius 2 is 2.32 bits per heavy atom. The zero-order chi connectivity index (χ0) is 19.9. The number of ether oxygens (including phenoxy) is 1. The number of nitrogens with zero attached hydrogens (tertiary/aromatic N) is 3. The number of guanidine groups is 1. The molecule has 1 amide bonds. The predicted octanol–water partition coefficient (Wildman–Crippen LogP) is 1.67. The van der Waals surface area contributed by atoms with E-state index in [0.717, 1.165) is 58.1 Å². The number of morpholine rings is 1. The smallest absolute Gasteiger partial charge is 0.217 e. The molecule has 8 heteroatoms. The van der Waals surface area contributed by atoms with E-state index in [0.29, 0.717) is 18.4 Å². The van der Waals surface area contributed by atoms with Gasteiger partial charge >= 0.3 is 0 Å². The Hall–Kier alpha value is -1.64. The van der Waals surface area contributed by atoms with Gasteiger partial charge in [-0.25, -0.2) is 0 Å². The quantitative estimate of drug-likeness (QED) is 0.554. The van der Waals surface area contributed by atoms with Crippen molar-refractivity contribution in [3.05, 3.63) is 22.4 Å². The van der Waals surface area contributed by atoms with Crippen molar-refractivity contribution < 1.29 is 9.53 Å². The SMILES string of the molecule is CN=C(NCC(c1cccs1)N1CCOC(C)C1)N1CCCC(CC(N)=O)C1. The molecule has 0 radical (unpaired) electrons. The van der Waals surface area contributed by atoms with Crippen LogP contribution in [0, 0.1) is 5.92 Å². The molecule has 0 aliphatic carbocycles. The second-order valence-electron chi connectivity index (χ2n) is 7.76. The van der Waals surface area contributed by atoms with Gasteiger partial charge in [0.1, 0.15) is 0 Å². The summed E-state index contributed by atoms with van der Waals surface area (Å²) >= 11 is 1.80. The third-order valence-electron chi connectivity index (χ3n) is 5.56. The van der Waals surface area contributed by atoms with Gasteiger partial charge in [0, 0.05) is 51.1 Å². The molecule has 0 spiro atoms. The van der Waals surface area contributed by atoms with Crippen LogP contribution in [0.15, 0.2) is 22.5 Å². The summed E-state index contributed by atoms with van der Waals surface area (Å²) in [5, 5.41) is 5.74. The van der Waals surface area contributed by atoms with Gasteiger partial charge in [-0.3, -0.25) is 14.7 Å². The second-order valence-corrected chi connectivity index (χ2v) is 8.74. The van der Waals surface area contributed by atoms with Crippen LogP contribution >= 0.6 is 11.3 Å². The van der Waals surface area contributed by atoms with E-state index in [2.05, 4.69) is 44.5 Å². The molecular formula is C20H33N5O2S. The van der Waals surface area contributed by atoms with Crippen molar-refractivity contribution in [2.24, 2.45) is 16.6 Å². The zero-order valence-corrected chi connectivity index (χ0v) is 17.8. The Balaban J connectivity index is 1.63. The highest BCUT2D eigenvalue weighted by Gasteiger charge is 2.28. The van der Waals surface area contributed by atoms with Crippen LogP contribution in [0.4, 0.5) is 0 Å². The minimum absolute atomic E-state index is 0.214. The Bertz CT molecular complexity index is 651. The lowest BCUT2D eigenvalue weighted by Gasteiger charge is -2.38. The molecule has 2 aliphatic rings. The van der Waals surface area contributed by atoms with E-state index in [1.54, 1.807) is 11.3 Å². The summed E-state index contributed by atoms with van der Waals surface area (Å²) in [5.74, 6) is 1.02. The molecule has 1 aromatic rings. The van der Waals surface area contributed by atoms with Crippen molar-refractivity contribution in [1.29, 1.82) is 0 Å². The molecule has 156 valence electrons. The first-order valence-electron chi connectivity index (χ1n) is 10.2. The van der Waals surface area contributed by atoms with E-state index in [1.165, 1.54) is 4.88 Å². The van der Waals surface area contributed by atoms with Crippen molar-refractivity contribution in [3.8, 4) is 0 Å². The van der Waals surface area contributed by atoms with Crippen molar-refractivity contribution in [2.45, 2.75) is 38.3 Å². The molecule has 3 N–H and O–H groups in total. The second kappa shape index (κ2) is 10.2. The molecule has 0 bridgehead atoms. The molecule has 3 atom stereocenters. The first-order chi connectivity index (χ1) is 13.6. The van der Waals surface area contributed by atoms with E-state index in [9.17, 15) is 4.79 Å². The van der Waals surface area contributed by atoms with Gasteiger partial charge in [0.25, 0.3) is 0 Å². The molecule has 0 aromatic carbocycles. The van der Waals surface area contributed by atoms with E-state index in [1.807, 2.05) is 7.05 Å². The number of primary amides is 1. The number of hydrogen-bond donors (Lipinski definition) is 2. The van der Waals surface area contributed by atoms with Crippen LogP contribution < -0.4 is 11.1 Å². The number of likely N-dealkylation sites (tertiary alicyclic amines) is 1. The van der Waals surface area contributed by atoms with Crippen LogP contribution in [0.3, 0.4) is 0 Å². The Labute approximate surface area is 171 Å². The van der Waals surface area contributed by atoms with Gasteiger partial charge in [0.05, 0.1) is 18.8 Å². The lowest BCUT2D eigenvalue weighted by atomic mass is 9.95. The van der Waals surface area contributed by atoms with Gasteiger partial charge < -0.3 is 20.7 Å². The number of nitrogens with one attached hydrogen (secondary N) is 1. The molecule has 3 heterocycles. The highest BCUT2D eigenvalue weighted by atomic mass is 32.1. The Kier molecular flexibility index (Phi) is 7.70. The molecule has 3 unspecified atom stereocenters. The van der Waals surface area contributed by atoms with Crippen LogP contribution in [0.25, 0.3) is 0 Å². The number of hydrogen-bond acceptors (Lipinski definition) is 5. The molecule has 3 rings (SSSR count).